The van der Waals surface area contributed by atoms with E-state index < -0.39 is 22.5 Å². The van der Waals surface area contributed by atoms with Crippen molar-refractivity contribution >= 4 is 22.7 Å². The molecule has 0 radical (unpaired) electrons. The van der Waals surface area contributed by atoms with E-state index in [-0.39, 0.29) is 10.8 Å². The summed E-state index contributed by atoms with van der Waals surface area (Å²) in [5.74, 6) is 0. The summed E-state index contributed by atoms with van der Waals surface area (Å²) in [6, 6.07) is 13.1. The van der Waals surface area contributed by atoms with E-state index in [4.69, 9.17) is 5.26 Å². The number of rotatable bonds is 3. The second-order valence-electron chi connectivity index (χ2n) is 5.49. The second-order valence-corrected chi connectivity index (χ2v) is 6.80. The average molecular weight is 375 g/mol. The van der Waals surface area contributed by atoms with Gasteiger partial charge in [0, 0.05) is 0 Å². The lowest BCUT2D eigenvalue weighted by Crippen LogP contribution is -2.22. The minimum absolute atomic E-state index is 0.0516. The van der Waals surface area contributed by atoms with Gasteiger partial charge in [-0.2, -0.15) is 18.4 Å². The number of aromatic nitrogens is 2. The summed E-state index contributed by atoms with van der Waals surface area (Å²) in [5.41, 5.74) is -0.869. The molecule has 0 saturated heterocycles. The normalized spacial score (nSPS) is 12.7. The van der Waals surface area contributed by atoms with E-state index in [2.05, 4.69) is 4.98 Å². The van der Waals surface area contributed by atoms with Crippen molar-refractivity contribution in [2.45, 2.75) is 23.5 Å². The van der Waals surface area contributed by atoms with Crippen molar-refractivity contribution in [3.8, 4) is 11.8 Å². The van der Waals surface area contributed by atoms with Crippen LogP contribution in [0.25, 0.3) is 16.6 Å². The van der Waals surface area contributed by atoms with Crippen molar-refractivity contribution in [1.29, 1.82) is 5.26 Å². The van der Waals surface area contributed by atoms with Crippen LogP contribution in [0.4, 0.5) is 13.2 Å². The highest BCUT2D eigenvalue weighted by Gasteiger charge is 2.31. The molecule has 0 amide bonds. The molecule has 0 unspecified atom stereocenters. The number of benzene rings is 2. The van der Waals surface area contributed by atoms with Gasteiger partial charge in [0.25, 0.3) is 5.56 Å². The van der Waals surface area contributed by atoms with Crippen molar-refractivity contribution in [3.63, 3.8) is 0 Å². The Kier molecular flexibility index (Phi) is 4.74. The smallest absolute Gasteiger partial charge is 0.268 e. The summed E-state index contributed by atoms with van der Waals surface area (Å²) >= 11 is 1.02. The second kappa shape index (κ2) is 6.84. The number of para-hydroxylation sites is 1. The molecule has 0 aliphatic carbocycles. The molecular weight excluding hydrogens is 363 g/mol. The van der Waals surface area contributed by atoms with E-state index in [1.165, 1.54) is 12.1 Å². The molecule has 26 heavy (non-hydrogen) atoms. The molecule has 1 heterocycles. The molecule has 4 nitrogen and oxygen atoms in total. The third kappa shape index (κ3) is 3.44. The fourth-order valence-electron chi connectivity index (χ4n) is 2.42. The number of halogens is 3. The van der Waals surface area contributed by atoms with Crippen LogP contribution in [0.1, 0.15) is 12.5 Å². The molecule has 1 aromatic heterocycles. The lowest BCUT2D eigenvalue weighted by molar-refractivity contribution is -0.137. The largest absolute Gasteiger partial charge is 0.416 e. The van der Waals surface area contributed by atoms with Gasteiger partial charge in [-0.1, -0.05) is 30.0 Å². The highest BCUT2D eigenvalue weighted by molar-refractivity contribution is 8.00. The molecule has 0 aliphatic heterocycles. The van der Waals surface area contributed by atoms with Gasteiger partial charge in [0.2, 0.25) is 0 Å². The maximum absolute atomic E-state index is 13.1. The topological polar surface area (TPSA) is 58.7 Å². The lowest BCUT2D eigenvalue weighted by atomic mass is 10.2. The van der Waals surface area contributed by atoms with Crippen LogP contribution in [-0.2, 0) is 6.18 Å². The molecule has 3 aromatic rings. The van der Waals surface area contributed by atoms with Crippen LogP contribution in [-0.4, -0.2) is 14.8 Å². The predicted octanol–water partition coefficient (Wildman–Crippen LogP) is 4.41. The van der Waals surface area contributed by atoms with E-state index in [0.29, 0.717) is 10.9 Å². The number of hydrogen-bond acceptors (Lipinski definition) is 4. The third-order valence-electron chi connectivity index (χ3n) is 3.64. The summed E-state index contributed by atoms with van der Waals surface area (Å²) in [7, 11) is 0. The molecule has 8 heteroatoms. The fraction of sp³-hybridized carbons (Fsp3) is 0.167. The minimum Gasteiger partial charge on any atom is -0.268 e. The molecule has 132 valence electrons. The van der Waals surface area contributed by atoms with Gasteiger partial charge in [0.1, 0.15) is 0 Å². The number of fused-ring (bicyclic) bond motifs is 1. The van der Waals surface area contributed by atoms with Gasteiger partial charge >= 0.3 is 6.18 Å². The molecular formula is C18H12F3N3OS. The maximum atomic E-state index is 13.1. The number of nitrogens with zero attached hydrogens (tertiary/aromatic N) is 3. The fourth-order valence-corrected chi connectivity index (χ4v) is 3.24. The number of nitriles is 1. The quantitative estimate of drug-likeness (QED) is 0.503. The summed E-state index contributed by atoms with van der Waals surface area (Å²) < 4.78 is 40.3. The van der Waals surface area contributed by atoms with Crippen molar-refractivity contribution in [2.75, 3.05) is 0 Å². The van der Waals surface area contributed by atoms with Crippen LogP contribution in [0, 0.1) is 11.3 Å². The van der Waals surface area contributed by atoms with Crippen LogP contribution in [0.15, 0.2) is 58.5 Å². The SMILES string of the molecule is C[C@H](C#N)Sc1nc2ccccc2c(=O)n1-c1cccc(C(F)(F)F)c1. The van der Waals surface area contributed by atoms with Gasteiger partial charge in [-0.15, -0.1) is 0 Å². The van der Waals surface area contributed by atoms with Crippen LogP contribution in [0.3, 0.4) is 0 Å². The highest BCUT2D eigenvalue weighted by Crippen LogP contribution is 2.31. The zero-order chi connectivity index (χ0) is 18.9. The molecule has 0 aliphatic rings. The Morgan fingerprint density at radius 2 is 1.92 bits per heavy atom. The van der Waals surface area contributed by atoms with E-state index in [1.807, 2.05) is 6.07 Å². The first-order valence-electron chi connectivity index (χ1n) is 7.57. The molecule has 0 fully saturated rings. The molecule has 1 atom stereocenters. The first kappa shape index (κ1) is 18.0. The van der Waals surface area contributed by atoms with Crippen LogP contribution in [0.2, 0.25) is 0 Å². The van der Waals surface area contributed by atoms with Crippen LogP contribution < -0.4 is 5.56 Å². The van der Waals surface area contributed by atoms with Crippen molar-refractivity contribution in [3.05, 3.63) is 64.4 Å². The van der Waals surface area contributed by atoms with Gasteiger partial charge in [-0.25, -0.2) is 4.98 Å². The molecule has 0 bridgehead atoms. The van der Waals surface area contributed by atoms with Crippen molar-refractivity contribution < 1.29 is 13.2 Å². The first-order valence-corrected chi connectivity index (χ1v) is 8.45. The number of thioether (sulfide) groups is 1. The van der Waals surface area contributed by atoms with Gasteiger partial charge in [-0.3, -0.25) is 9.36 Å². The summed E-state index contributed by atoms with van der Waals surface area (Å²) in [6.45, 7) is 1.63. The summed E-state index contributed by atoms with van der Waals surface area (Å²) in [4.78, 5) is 17.3. The lowest BCUT2D eigenvalue weighted by Gasteiger charge is -2.15. The van der Waals surface area contributed by atoms with Crippen molar-refractivity contribution in [2.24, 2.45) is 0 Å². The van der Waals surface area contributed by atoms with Crippen LogP contribution >= 0.6 is 11.8 Å². The Morgan fingerprint density at radius 3 is 2.62 bits per heavy atom. The van der Waals surface area contributed by atoms with Gasteiger partial charge < -0.3 is 0 Å². The molecule has 0 N–H and O–H groups in total. The maximum Gasteiger partial charge on any atom is 0.416 e. The highest BCUT2D eigenvalue weighted by atomic mass is 32.2. The Balaban J connectivity index is 2.30. The Labute approximate surface area is 150 Å². The van der Waals surface area contributed by atoms with E-state index in [1.54, 1.807) is 31.2 Å². The van der Waals surface area contributed by atoms with E-state index in [0.717, 1.165) is 28.5 Å². The predicted molar refractivity (Wildman–Crippen MR) is 93.3 cm³/mol. The zero-order valence-corrected chi connectivity index (χ0v) is 14.3. The Hall–Kier alpha value is -2.79. The Bertz CT molecular complexity index is 1070. The summed E-state index contributed by atoms with van der Waals surface area (Å²) in [6.07, 6.45) is -4.53. The van der Waals surface area contributed by atoms with Crippen molar-refractivity contribution in [1.82, 2.24) is 9.55 Å². The molecule has 3 rings (SSSR count). The van der Waals surface area contributed by atoms with E-state index in [9.17, 15) is 18.0 Å². The van der Waals surface area contributed by atoms with Gasteiger partial charge in [0.05, 0.1) is 33.5 Å². The van der Waals surface area contributed by atoms with E-state index >= 15 is 0 Å². The Morgan fingerprint density at radius 1 is 1.19 bits per heavy atom. The van der Waals surface area contributed by atoms with Crippen LogP contribution in [0.5, 0.6) is 0 Å². The molecule has 2 aromatic carbocycles. The van der Waals surface area contributed by atoms with Gasteiger partial charge in [-0.05, 0) is 37.3 Å². The number of hydrogen-bond donors (Lipinski definition) is 0. The average Bonchev–Trinajstić information content (AvgIpc) is 2.61. The number of alkyl halides is 3. The standard InChI is InChI=1S/C18H12F3N3OS/c1-11(10-22)26-17-23-15-8-3-2-7-14(15)16(25)24(17)13-6-4-5-12(9-13)18(19,20)21/h2-9,11H,1H3/t11-/m1/s1. The summed E-state index contributed by atoms with van der Waals surface area (Å²) in [5, 5.41) is 8.99. The zero-order valence-electron chi connectivity index (χ0n) is 13.5. The third-order valence-corrected chi connectivity index (χ3v) is 4.58. The molecule has 0 spiro atoms. The molecule has 0 saturated carbocycles. The minimum atomic E-state index is -4.53. The monoisotopic (exact) mass is 375 g/mol. The first-order chi connectivity index (χ1) is 12.3. The van der Waals surface area contributed by atoms with Gasteiger partial charge in [0.15, 0.2) is 5.16 Å².